The maximum absolute atomic E-state index is 12.1. The molecule has 3 nitrogen and oxygen atoms in total. The lowest BCUT2D eigenvalue weighted by Gasteiger charge is -2.21. The molecule has 3 atom stereocenters. The van der Waals surface area contributed by atoms with Crippen LogP contribution in [-0.4, -0.2) is 11.9 Å². The molecule has 3 N–H and O–H groups in total. The van der Waals surface area contributed by atoms with Gasteiger partial charge in [0.05, 0.1) is 12.1 Å². The molecule has 0 bridgehead atoms. The number of amides is 1. The van der Waals surface area contributed by atoms with E-state index in [9.17, 15) is 4.79 Å². The summed E-state index contributed by atoms with van der Waals surface area (Å²) in [4.78, 5) is 12.1. The summed E-state index contributed by atoms with van der Waals surface area (Å²) < 4.78 is 0. The van der Waals surface area contributed by atoms with Crippen LogP contribution in [0.25, 0.3) is 0 Å². The van der Waals surface area contributed by atoms with Crippen LogP contribution in [0.5, 0.6) is 0 Å². The molecule has 2 rings (SSSR count). The van der Waals surface area contributed by atoms with Gasteiger partial charge in [0.25, 0.3) is 0 Å². The van der Waals surface area contributed by atoms with Crippen molar-refractivity contribution < 1.29 is 4.79 Å². The van der Waals surface area contributed by atoms with Crippen LogP contribution in [0, 0.1) is 5.92 Å². The van der Waals surface area contributed by atoms with E-state index in [1.807, 2.05) is 19.1 Å². The summed E-state index contributed by atoms with van der Waals surface area (Å²) in [5.74, 6) is 0.202. The van der Waals surface area contributed by atoms with Crippen molar-refractivity contribution in [2.24, 2.45) is 11.7 Å². The Hall–Kier alpha value is -1.35. The molecule has 3 heteroatoms. The second kappa shape index (κ2) is 5.53. The average Bonchev–Trinajstić information content (AvgIpc) is 2.80. The number of hydrogen-bond acceptors (Lipinski definition) is 2. The molecule has 1 aliphatic carbocycles. The SMILES string of the molecule is CCC(C)[C@H](N)C(=O)NC1CCc2ccccc21. The van der Waals surface area contributed by atoms with Crippen LogP contribution in [0.2, 0.25) is 0 Å². The molecule has 18 heavy (non-hydrogen) atoms. The Morgan fingerprint density at radius 2 is 2.22 bits per heavy atom. The van der Waals surface area contributed by atoms with Crippen molar-refractivity contribution in [2.45, 2.75) is 45.2 Å². The molecule has 0 fully saturated rings. The van der Waals surface area contributed by atoms with Crippen molar-refractivity contribution in [3.63, 3.8) is 0 Å². The minimum absolute atomic E-state index is 0.0222. The van der Waals surface area contributed by atoms with Gasteiger partial charge in [-0.25, -0.2) is 0 Å². The van der Waals surface area contributed by atoms with Gasteiger partial charge in [-0.1, -0.05) is 44.5 Å². The summed E-state index contributed by atoms with van der Waals surface area (Å²) >= 11 is 0. The molecule has 0 aliphatic heterocycles. The molecule has 0 saturated carbocycles. The van der Waals surface area contributed by atoms with Crippen LogP contribution in [0.3, 0.4) is 0 Å². The summed E-state index contributed by atoms with van der Waals surface area (Å²) in [7, 11) is 0. The lowest BCUT2D eigenvalue weighted by molar-refractivity contribution is -0.124. The van der Waals surface area contributed by atoms with Crippen LogP contribution in [0.4, 0.5) is 0 Å². The van der Waals surface area contributed by atoms with Crippen LogP contribution in [0.15, 0.2) is 24.3 Å². The van der Waals surface area contributed by atoms with E-state index in [4.69, 9.17) is 5.73 Å². The second-order valence-electron chi connectivity index (χ2n) is 5.21. The highest BCUT2D eigenvalue weighted by Crippen LogP contribution is 2.30. The highest BCUT2D eigenvalue weighted by Gasteiger charge is 2.26. The smallest absolute Gasteiger partial charge is 0.237 e. The monoisotopic (exact) mass is 246 g/mol. The summed E-state index contributed by atoms with van der Waals surface area (Å²) in [6.45, 7) is 4.08. The predicted molar refractivity (Wildman–Crippen MR) is 73.1 cm³/mol. The molecule has 98 valence electrons. The van der Waals surface area contributed by atoms with Gasteiger partial charge in [0.1, 0.15) is 0 Å². The molecule has 1 amide bonds. The van der Waals surface area contributed by atoms with Crippen molar-refractivity contribution >= 4 is 5.91 Å². The third-order valence-electron chi connectivity index (χ3n) is 4.01. The van der Waals surface area contributed by atoms with E-state index in [0.717, 1.165) is 19.3 Å². The fraction of sp³-hybridized carbons (Fsp3) is 0.533. The first kappa shape index (κ1) is 13.1. The number of carbonyl (C=O) groups excluding carboxylic acids is 1. The number of nitrogens with one attached hydrogen (secondary N) is 1. The van der Waals surface area contributed by atoms with Crippen molar-refractivity contribution in [1.29, 1.82) is 0 Å². The molecule has 1 aromatic rings. The average molecular weight is 246 g/mol. The molecule has 0 radical (unpaired) electrons. The highest BCUT2D eigenvalue weighted by molar-refractivity contribution is 5.82. The third-order valence-corrected chi connectivity index (χ3v) is 4.01. The fourth-order valence-corrected chi connectivity index (χ4v) is 2.49. The van der Waals surface area contributed by atoms with Gasteiger partial charge in [0.15, 0.2) is 0 Å². The molecular formula is C15H22N2O. The Bertz CT molecular complexity index is 430. The standard InChI is InChI=1S/C15H22N2O/c1-3-10(2)14(16)15(18)17-13-9-8-11-6-4-5-7-12(11)13/h4-7,10,13-14H,3,8-9,16H2,1-2H3,(H,17,18)/t10?,13?,14-/m0/s1. The zero-order valence-corrected chi connectivity index (χ0v) is 11.1. The van der Waals surface area contributed by atoms with E-state index in [-0.39, 0.29) is 17.9 Å². The van der Waals surface area contributed by atoms with E-state index in [1.54, 1.807) is 0 Å². The van der Waals surface area contributed by atoms with Crippen LogP contribution in [0.1, 0.15) is 43.9 Å². The van der Waals surface area contributed by atoms with Gasteiger partial charge in [-0.05, 0) is 29.9 Å². The summed E-state index contributed by atoms with van der Waals surface area (Å²) in [5.41, 5.74) is 8.56. The molecule has 1 aromatic carbocycles. The van der Waals surface area contributed by atoms with E-state index >= 15 is 0 Å². The minimum Gasteiger partial charge on any atom is -0.348 e. The number of nitrogens with two attached hydrogens (primary N) is 1. The van der Waals surface area contributed by atoms with Gasteiger partial charge in [0.2, 0.25) is 5.91 Å². The topological polar surface area (TPSA) is 55.1 Å². The largest absolute Gasteiger partial charge is 0.348 e. The Labute approximate surface area is 109 Å². The Morgan fingerprint density at radius 3 is 2.94 bits per heavy atom. The van der Waals surface area contributed by atoms with Gasteiger partial charge in [-0.3, -0.25) is 4.79 Å². The molecule has 0 aromatic heterocycles. The predicted octanol–water partition coefficient (Wildman–Crippen LogP) is 2.16. The van der Waals surface area contributed by atoms with Crippen molar-refractivity contribution in [3.05, 3.63) is 35.4 Å². The van der Waals surface area contributed by atoms with Gasteiger partial charge in [-0.15, -0.1) is 0 Å². The van der Waals surface area contributed by atoms with E-state index in [0.29, 0.717) is 0 Å². The van der Waals surface area contributed by atoms with Gasteiger partial charge < -0.3 is 11.1 Å². The molecule has 0 saturated heterocycles. The molecule has 0 spiro atoms. The van der Waals surface area contributed by atoms with Gasteiger partial charge in [-0.2, -0.15) is 0 Å². The summed E-state index contributed by atoms with van der Waals surface area (Å²) in [6.07, 6.45) is 2.95. The maximum Gasteiger partial charge on any atom is 0.237 e. The second-order valence-corrected chi connectivity index (χ2v) is 5.21. The van der Waals surface area contributed by atoms with Crippen molar-refractivity contribution in [2.75, 3.05) is 0 Å². The first-order valence-electron chi connectivity index (χ1n) is 6.77. The number of hydrogen-bond donors (Lipinski definition) is 2. The number of carbonyl (C=O) groups is 1. The van der Waals surface area contributed by atoms with E-state index in [2.05, 4.69) is 24.4 Å². The first-order chi connectivity index (χ1) is 8.63. The minimum atomic E-state index is -0.400. The molecular weight excluding hydrogens is 224 g/mol. The lowest BCUT2D eigenvalue weighted by atomic mass is 9.98. The van der Waals surface area contributed by atoms with Gasteiger partial charge in [0, 0.05) is 0 Å². The quantitative estimate of drug-likeness (QED) is 0.855. The maximum atomic E-state index is 12.1. The van der Waals surface area contributed by atoms with Crippen molar-refractivity contribution in [3.8, 4) is 0 Å². The van der Waals surface area contributed by atoms with Crippen LogP contribution in [-0.2, 0) is 11.2 Å². The molecule has 2 unspecified atom stereocenters. The Kier molecular flexibility index (Phi) is 4.02. The number of benzene rings is 1. The van der Waals surface area contributed by atoms with Crippen LogP contribution < -0.4 is 11.1 Å². The summed E-state index contributed by atoms with van der Waals surface area (Å²) in [5, 5.41) is 3.09. The highest BCUT2D eigenvalue weighted by atomic mass is 16.2. The number of fused-ring (bicyclic) bond motifs is 1. The van der Waals surface area contributed by atoms with Crippen LogP contribution >= 0.6 is 0 Å². The third kappa shape index (κ3) is 2.56. The molecule has 0 heterocycles. The van der Waals surface area contributed by atoms with Crippen molar-refractivity contribution in [1.82, 2.24) is 5.32 Å². The zero-order chi connectivity index (χ0) is 13.1. The summed E-state index contributed by atoms with van der Waals surface area (Å²) in [6, 6.07) is 8.05. The first-order valence-corrected chi connectivity index (χ1v) is 6.77. The zero-order valence-electron chi connectivity index (χ0n) is 11.1. The van der Waals surface area contributed by atoms with E-state index in [1.165, 1.54) is 11.1 Å². The number of aryl methyl sites for hydroxylation is 1. The molecule has 1 aliphatic rings. The Morgan fingerprint density at radius 1 is 1.50 bits per heavy atom. The van der Waals surface area contributed by atoms with E-state index < -0.39 is 6.04 Å². The number of rotatable bonds is 4. The Balaban J connectivity index is 2.02. The fourth-order valence-electron chi connectivity index (χ4n) is 2.49. The lowest BCUT2D eigenvalue weighted by Crippen LogP contribution is -2.45. The van der Waals surface area contributed by atoms with Gasteiger partial charge >= 0.3 is 0 Å². The normalized spacial score (nSPS) is 21.2.